The number of esters is 1. The van der Waals surface area contributed by atoms with Crippen LogP contribution in [0.5, 0.6) is 0 Å². The summed E-state index contributed by atoms with van der Waals surface area (Å²) in [4.78, 5) is 22.7. The number of hydrogen-bond donors (Lipinski definition) is 2. The van der Waals surface area contributed by atoms with Crippen molar-refractivity contribution in [2.45, 2.75) is 31.4 Å². The topological polar surface area (TPSA) is 95.4 Å². The van der Waals surface area contributed by atoms with Crippen LogP contribution in [0, 0.1) is 0 Å². The summed E-state index contributed by atoms with van der Waals surface area (Å²) >= 11 is 0. The van der Waals surface area contributed by atoms with E-state index < -0.39 is 11.5 Å². The number of nitrogens with two attached hydrogens (primary N) is 2. The molecule has 1 aromatic rings. The molecule has 103 valence electrons. The van der Waals surface area contributed by atoms with Crippen molar-refractivity contribution in [2.24, 2.45) is 11.5 Å². The van der Waals surface area contributed by atoms with Crippen molar-refractivity contribution in [3.05, 3.63) is 35.9 Å². The van der Waals surface area contributed by atoms with Gasteiger partial charge in [-0.1, -0.05) is 30.3 Å². The smallest absolute Gasteiger partial charge is 0.334 e. The third kappa shape index (κ3) is 4.81. The highest BCUT2D eigenvalue weighted by Crippen LogP contribution is 2.12. The fraction of sp³-hybridized carbons (Fsp3) is 0.429. The van der Waals surface area contributed by atoms with Gasteiger partial charge in [0.05, 0.1) is 0 Å². The van der Waals surface area contributed by atoms with Crippen molar-refractivity contribution >= 4 is 12.3 Å². The second-order valence-corrected chi connectivity index (χ2v) is 4.38. The van der Waals surface area contributed by atoms with Gasteiger partial charge in [-0.3, -0.25) is 4.79 Å². The van der Waals surface area contributed by atoms with Crippen molar-refractivity contribution in [2.75, 3.05) is 6.54 Å². The minimum absolute atomic E-state index is 0.0944. The molecule has 5 nitrogen and oxygen atoms in total. The van der Waals surface area contributed by atoms with Gasteiger partial charge in [-0.05, 0) is 31.4 Å². The van der Waals surface area contributed by atoms with E-state index in [2.05, 4.69) is 0 Å². The van der Waals surface area contributed by atoms with Gasteiger partial charge in [0, 0.05) is 0 Å². The molecular formula is C14H19N2O3. The van der Waals surface area contributed by atoms with E-state index in [-0.39, 0.29) is 13.0 Å². The van der Waals surface area contributed by atoms with Crippen LogP contribution in [0.25, 0.3) is 0 Å². The van der Waals surface area contributed by atoms with Crippen LogP contribution in [-0.4, -0.2) is 24.3 Å². The summed E-state index contributed by atoms with van der Waals surface area (Å²) in [6.07, 6.45) is 3.07. The van der Waals surface area contributed by atoms with Crippen LogP contribution in [0.1, 0.15) is 24.8 Å². The molecule has 0 saturated heterocycles. The van der Waals surface area contributed by atoms with Crippen LogP contribution in [0.4, 0.5) is 0 Å². The summed E-state index contributed by atoms with van der Waals surface area (Å²) in [5, 5.41) is 0. The molecule has 0 aliphatic carbocycles. The fourth-order valence-electron chi connectivity index (χ4n) is 1.59. The number of benzene rings is 1. The van der Waals surface area contributed by atoms with Gasteiger partial charge < -0.3 is 16.2 Å². The Bertz CT molecular complexity index is 408. The molecular weight excluding hydrogens is 244 g/mol. The van der Waals surface area contributed by atoms with Crippen molar-refractivity contribution < 1.29 is 14.3 Å². The van der Waals surface area contributed by atoms with E-state index in [1.807, 2.05) is 30.3 Å². The van der Waals surface area contributed by atoms with Crippen molar-refractivity contribution in [3.8, 4) is 0 Å². The van der Waals surface area contributed by atoms with Gasteiger partial charge in [-0.15, -0.1) is 0 Å². The predicted octanol–water partition coefficient (Wildman–Crippen LogP) is 0.666. The molecule has 0 saturated carbocycles. The Kier molecular flexibility index (Phi) is 6.18. The van der Waals surface area contributed by atoms with Crippen LogP contribution in [0.2, 0.25) is 0 Å². The second kappa shape index (κ2) is 7.66. The van der Waals surface area contributed by atoms with E-state index in [1.54, 1.807) is 6.29 Å². The SMILES string of the molecule is NCCCC[C@](N)([C]=O)C(=O)OCc1ccccc1. The summed E-state index contributed by atoms with van der Waals surface area (Å²) < 4.78 is 5.06. The summed E-state index contributed by atoms with van der Waals surface area (Å²) in [5.74, 6) is -0.747. The Balaban J connectivity index is 2.51. The standard InChI is InChI=1S/C14H19N2O3/c15-9-5-4-8-14(16,11-17)13(18)19-10-12-6-2-1-3-7-12/h1-3,6-7H,4-5,8-10,15-16H2/t14-/m0/s1. The number of hydrogen-bond acceptors (Lipinski definition) is 5. The third-order valence-electron chi connectivity index (χ3n) is 2.78. The molecule has 0 aliphatic rings. The highest BCUT2D eigenvalue weighted by molar-refractivity contribution is 5.98. The number of rotatable bonds is 8. The predicted molar refractivity (Wildman–Crippen MR) is 71.8 cm³/mol. The Labute approximate surface area is 112 Å². The Morgan fingerprint density at radius 3 is 2.53 bits per heavy atom. The summed E-state index contributed by atoms with van der Waals surface area (Å²) in [6, 6.07) is 9.19. The first-order valence-corrected chi connectivity index (χ1v) is 6.22. The lowest BCUT2D eigenvalue weighted by Crippen LogP contribution is -2.50. The molecule has 5 heteroatoms. The largest absolute Gasteiger partial charge is 0.459 e. The first-order chi connectivity index (χ1) is 9.12. The maximum absolute atomic E-state index is 11.8. The van der Waals surface area contributed by atoms with E-state index in [9.17, 15) is 9.59 Å². The lowest BCUT2D eigenvalue weighted by Gasteiger charge is -2.20. The average molecular weight is 263 g/mol. The average Bonchev–Trinajstić information content (AvgIpc) is 2.45. The van der Waals surface area contributed by atoms with Crippen molar-refractivity contribution in [1.29, 1.82) is 0 Å². The molecule has 0 aromatic heterocycles. The lowest BCUT2D eigenvalue weighted by atomic mass is 9.95. The molecule has 0 fully saturated rings. The van der Waals surface area contributed by atoms with Gasteiger partial charge in [-0.25, -0.2) is 4.79 Å². The first kappa shape index (κ1) is 15.3. The molecule has 0 aliphatic heterocycles. The normalized spacial score (nSPS) is 13.6. The lowest BCUT2D eigenvalue weighted by molar-refractivity contribution is -0.149. The molecule has 0 spiro atoms. The van der Waals surface area contributed by atoms with Crippen LogP contribution >= 0.6 is 0 Å². The van der Waals surface area contributed by atoms with Gasteiger partial charge in [0.25, 0.3) is 0 Å². The summed E-state index contributed by atoms with van der Waals surface area (Å²) in [7, 11) is 0. The maximum Gasteiger partial charge on any atom is 0.334 e. The molecule has 0 amide bonds. The first-order valence-electron chi connectivity index (χ1n) is 6.22. The minimum Gasteiger partial charge on any atom is -0.459 e. The molecule has 0 bridgehead atoms. The number of ether oxygens (including phenoxy) is 1. The molecule has 0 heterocycles. The highest BCUT2D eigenvalue weighted by Gasteiger charge is 2.36. The fourth-order valence-corrected chi connectivity index (χ4v) is 1.59. The van der Waals surface area contributed by atoms with Crippen LogP contribution in [-0.2, 0) is 20.9 Å². The van der Waals surface area contributed by atoms with Gasteiger partial charge in [0.15, 0.2) is 5.54 Å². The van der Waals surface area contributed by atoms with Crippen LogP contribution in [0.15, 0.2) is 30.3 Å². The number of carbonyl (C=O) groups is 1. The number of carbonyl (C=O) groups excluding carboxylic acids is 2. The highest BCUT2D eigenvalue weighted by atomic mass is 16.5. The van der Waals surface area contributed by atoms with Crippen LogP contribution in [0.3, 0.4) is 0 Å². The molecule has 1 radical (unpaired) electrons. The van der Waals surface area contributed by atoms with Gasteiger partial charge in [0.2, 0.25) is 6.29 Å². The zero-order chi connectivity index (χ0) is 14.1. The third-order valence-corrected chi connectivity index (χ3v) is 2.78. The molecule has 1 atom stereocenters. The minimum atomic E-state index is -1.69. The Morgan fingerprint density at radius 2 is 1.95 bits per heavy atom. The summed E-state index contributed by atoms with van der Waals surface area (Å²) in [6.45, 7) is 0.588. The Hall–Kier alpha value is -1.72. The molecule has 4 N–H and O–H groups in total. The molecule has 1 aromatic carbocycles. The monoisotopic (exact) mass is 263 g/mol. The van der Waals surface area contributed by atoms with E-state index in [4.69, 9.17) is 16.2 Å². The zero-order valence-electron chi connectivity index (χ0n) is 10.8. The summed E-state index contributed by atoms with van der Waals surface area (Å²) in [5.41, 5.74) is 10.2. The van der Waals surface area contributed by atoms with E-state index in [0.29, 0.717) is 19.4 Å². The maximum atomic E-state index is 11.8. The zero-order valence-corrected chi connectivity index (χ0v) is 10.8. The molecule has 0 unspecified atom stereocenters. The van der Waals surface area contributed by atoms with Crippen molar-refractivity contribution in [1.82, 2.24) is 0 Å². The molecule has 1 rings (SSSR count). The van der Waals surface area contributed by atoms with Crippen molar-refractivity contribution in [3.63, 3.8) is 0 Å². The van der Waals surface area contributed by atoms with Gasteiger partial charge in [0.1, 0.15) is 6.61 Å². The van der Waals surface area contributed by atoms with E-state index in [1.165, 1.54) is 0 Å². The van der Waals surface area contributed by atoms with Gasteiger partial charge in [-0.2, -0.15) is 0 Å². The van der Waals surface area contributed by atoms with E-state index >= 15 is 0 Å². The van der Waals surface area contributed by atoms with Gasteiger partial charge >= 0.3 is 5.97 Å². The molecule has 19 heavy (non-hydrogen) atoms. The van der Waals surface area contributed by atoms with E-state index in [0.717, 1.165) is 5.56 Å². The second-order valence-electron chi connectivity index (χ2n) is 4.38. The number of unbranched alkanes of at least 4 members (excludes halogenated alkanes) is 1. The van der Waals surface area contributed by atoms with Crippen LogP contribution < -0.4 is 11.5 Å². The quantitative estimate of drug-likeness (QED) is 0.408. The Morgan fingerprint density at radius 1 is 1.26 bits per heavy atom.